The number of aromatic carboxylic acids is 1. The number of benzene rings is 2. The maximum absolute atomic E-state index is 11.2. The van der Waals surface area contributed by atoms with E-state index in [0.717, 1.165) is 17.1 Å². The van der Waals surface area contributed by atoms with Gasteiger partial charge in [-0.1, -0.05) is 12.1 Å². The Bertz CT molecular complexity index is 746. The summed E-state index contributed by atoms with van der Waals surface area (Å²) >= 11 is 0. The summed E-state index contributed by atoms with van der Waals surface area (Å²) in [4.78, 5) is 17.6. The summed E-state index contributed by atoms with van der Waals surface area (Å²) in [6, 6.07) is 13.7. The summed E-state index contributed by atoms with van der Waals surface area (Å²) in [5.74, 6) is -0.900. The molecule has 1 aliphatic rings. The molecule has 5 nitrogen and oxygen atoms in total. The van der Waals surface area contributed by atoms with Crippen molar-refractivity contribution in [1.29, 1.82) is 0 Å². The van der Waals surface area contributed by atoms with Gasteiger partial charge >= 0.3 is 24.8 Å². The van der Waals surface area contributed by atoms with Crippen molar-refractivity contribution in [2.24, 2.45) is 0 Å². The second kappa shape index (κ2) is 6.80. The van der Waals surface area contributed by atoms with Gasteiger partial charge in [0, 0.05) is 33.9 Å². The molecule has 1 unspecified atom stereocenters. The van der Waals surface area contributed by atoms with Crippen LogP contribution in [0.3, 0.4) is 0 Å². The van der Waals surface area contributed by atoms with Gasteiger partial charge in [0.05, 0.1) is 16.9 Å². The van der Waals surface area contributed by atoms with E-state index in [1.54, 1.807) is 12.1 Å². The van der Waals surface area contributed by atoms with Crippen molar-refractivity contribution < 1.29 is 28.8 Å². The maximum atomic E-state index is 11.2. The second-order valence-electron chi connectivity index (χ2n) is 6.09. The Kier molecular flexibility index (Phi) is 5.17. The van der Waals surface area contributed by atoms with Crippen LogP contribution in [-0.2, 0) is 0 Å². The molecular formula is C18H21LiN3O2+. The number of hydrogen-bond acceptors (Lipinski definition) is 4. The fraction of sp³-hybridized carbons (Fsp3) is 0.278. The van der Waals surface area contributed by atoms with E-state index >= 15 is 0 Å². The fourth-order valence-electron chi connectivity index (χ4n) is 3.15. The molecule has 1 atom stereocenters. The molecule has 24 heavy (non-hydrogen) atoms. The average Bonchev–Trinajstić information content (AvgIpc) is 2.78. The molecule has 0 fully saturated rings. The number of hydrogen-bond donors (Lipinski definition) is 1. The van der Waals surface area contributed by atoms with Crippen LogP contribution in [0.4, 0.5) is 17.1 Å². The molecule has 1 aliphatic heterocycles. The second-order valence-corrected chi connectivity index (χ2v) is 6.09. The Morgan fingerprint density at radius 1 is 1.00 bits per heavy atom. The third-order valence-corrected chi connectivity index (χ3v) is 4.42. The van der Waals surface area contributed by atoms with E-state index in [1.165, 1.54) is 5.56 Å². The zero-order chi connectivity index (χ0) is 16.7. The molecule has 0 bridgehead atoms. The number of carboxylic acid groups (broad SMARTS) is 1. The van der Waals surface area contributed by atoms with Gasteiger partial charge in [-0.2, -0.15) is 0 Å². The van der Waals surface area contributed by atoms with Crippen molar-refractivity contribution in [3.05, 3.63) is 53.6 Å². The Labute approximate surface area is 154 Å². The van der Waals surface area contributed by atoms with Gasteiger partial charge in [0.2, 0.25) is 0 Å². The van der Waals surface area contributed by atoms with Crippen LogP contribution in [0.25, 0.3) is 0 Å². The van der Waals surface area contributed by atoms with Crippen LogP contribution < -0.4 is 33.6 Å². The van der Waals surface area contributed by atoms with Crippen LogP contribution in [0.2, 0.25) is 0 Å². The predicted octanol–water partition coefficient (Wildman–Crippen LogP) is 0.0396. The van der Waals surface area contributed by atoms with Crippen molar-refractivity contribution >= 4 is 23.0 Å². The van der Waals surface area contributed by atoms with Gasteiger partial charge in [0.25, 0.3) is 0 Å². The molecule has 1 heterocycles. The summed E-state index contributed by atoms with van der Waals surface area (Å²) in [5.41, 5.74) is 4.62. The fourth-order valence-corrected chi connectivity index (χ4v) is 3.15. The van der Waals surface area contributed by atoms with Gasteiger partial charge in [0.15, 0.2) is 0 Å². The Morgan fingerprint density at radius 2 is 1.58 bits per heavy atom. The molecule has 2 aromatic carbocycles. The van der Waals surface area contributed by atoms with Crippen molar-refractivity contribution in [2.75, 3.05) is 42.9 Å². The molecule has 0 amide bonds. The minimum absolute atomic E-state index is 0. The average molecular weight is 318 g/mol. The molecule has 120 valence electrons. The number of anilines is 3. The molecule has 6 heteroatoms. The van der Waals surface area contributed by atoms with Gasteiger partial charge < -0.3 is 19.8 Å². The summed E-state index contributed by atoms with van der Waals surface area (Å²) in [7, 11) is 8.07. The largest absolute Gasteiger partial charge is 1.00 e. The summed E-state index contributed by atoms with van der Waals surface area (Å²) in [6.07, 6.45) is 0.0604. The third kappa shape index (κ3) is 2.98. The Hall–Kier alpha value is -2.09. The smallest absolute Gasteiger partial charge is 0.478 e. The summed E-state index contributed by atoms with van der Waals surface area (Å²) < 4.78 is 0. The van der Waals surface area contributed by atoms with Crippen LogP contribution in [0.5, 0.6) is 0 Å². The van der Waals surface area contributed by atoms with Crippen molar-refractivity contribution in [3.8, 4) is 0 Å². The molecule has 0 aliphatic carbocycles. The first-order chi connectivity index (χ1) is 10.9. The standard InChI is InChI=1S/C18H21N3O2.Li/c1-19(2)14-8-5-12(6-9-14)17-20(3)15-10-7-13(18(22)23)11-16(15)21(17)4;/h5-11,17H,1-4H3,(H,22,23);/q;+1. The Balaban J connectivity index is 0.00000208. The van der Waals surface area contributed by atoms with E-state index in [4.69, 9.17) is 0 Å². The van der Waals surface area contributed by atoms with Gasteiger partial charge in [-0.15, -0.1) is 0 Å². The molecule has 3 rings (SSSR count). The molecule has 0 saturated carbocycles. The van der Waals surface area contributed by atoms with Crippen molar-refractivity contribution in [1.82, 2.24) is 0 Å². The van der Waals surface area contributed by atoms with E-state index < -0.39 is 5.97 Å². The zero-order valence-corrected chi connectivity index (χ0v) is 14.8. The van der Waals surface area contributed by atoms with Crippen LogP contribution >= 0.6 is 0 Å². The molecule has 0 spiro atoms. The van der Waals surface area contributed by atoms with E-state index in [-0.39, 0.29) is 25.0 Å². The van der Waals surface area contributed by atoms with E-state index in [2.05, 4.69) is 39.0 Å². The van der Waals surface area contributed by atoms with E-state index in [1.807, 2.05) is 34.3 Å². The maximum Gasteiger partial charge on any atom is 1.00 e. The van der Waals surface area contributed by atoms with Crippen LogP contribution in [0.15, 0.2) is 42.5 Å². The van der Waals surface area contributed by atoms with Gasteiger partial charge in [-0.05, 0) is 35.9 Å². The van der Waals surface area contributed by atoms with Crippen LogP contribution in [-0.4, -0.2) is 39.3 Å². The quantitative estimate of drug-likeness (QED) is 0.810. The van der Waals surface area contributed by atoms with Gasteiger partial charge in [-0.25, -0.2) is 4.79 Å². The minimum atomic E-state index is -0.900. The molecule has 0 radical (unpaired) electrons. The topological polar surface area (TPSA) is 47.0 Å². The van der Waals surface area contributed by atoms with Crippen LogP contribution in [0, 0.1) is 0 Å². The van der Waals surface area contributed by atoms with Crippen molar-refractivity contribution in [3.63, 3.8) is 0 Å². The minimum Gasteiger partial charge on any atom is -0.478 e. The molecular weight excluding hydrogens is 297 g/mol. The Morgan fingerprint density at radius 3 is 2.12 bits per heavy atom. The summed E-state index contributed by atoms with van der Waals surface area (Å²) in [5, 5.41) is 9.20. The normalized spacial score (nSPS) is 15.8. The number of carbonyl (C=O) groups is 1. The van der Waals surface area contributed by atoms with Gasteiger partial charge in [0.1, 0.15) is 6.17 Å². The first-order valence-electron chi connectivity index (χ1n) is 7.50. The predicted molar refractivity (Wildman–Crippen MR) is 93.7 cm³/mol. The molecule has 1 N–H and O–H groups in total. The first-order valence-corrected chi connectivity index (χ1v) is 7.50. The molecule has 0 saturated heterocycles. The van der Waals surface area contributed by atoms with E-state index in [9.17, 15) is 9.90 Å². The SMILES string of the molecule is CN(C)c1ccc(C2N(C)c3ccc(C(=O)O)cc3N2C)cc1.[Li+]. The van der Waals surface area contributed by atoms with Crippen LogP contribution in [0.1, 0.15) is 22.1 Å². The number of rotatable bonds is 3. The van der Waals surface area contributed by atoms with E-state index in [0.29, 0.717) is 5.56 Å². The monoisotopic (exact) mass is 318 g/mol. The first kappa shape index (κ1) is 18.2. The third-order valence-electron chi connectivity index (χ3n) is 4.42. The number of carboxylic acids is 1. The van der Waals surface area contributed by atoms with Gasteiger partial charge in [-0.3, -0.25) is 0 Å². The molecule has 0 aromatic heterocycles. The number of nitrogens with zero attached hydrogens (tertiary/aromatic N) is 3. The molecule has 2 aromatic rings. The number of fused-ring (bicyclic) bond motifs is 1. The zero-order valence-electron chi connectivity index (χ0n) is 14.8. The van der Waals surface area contributed by atoms with Crippen molar-refractivity contribution in [2.45, 2.75) is 6.17 Å². The summed E-state index contributed by atoms with van der Waals surface area (Å²) in [6.45, 7) is 0.